The Morgan fingerprint density at radius 2 is 1.43 bits per heavy atom. The highest BCUT2D eigenvalue weighted by Gasteiger charge is 2.14. The lowest BCUT2D eigenvalue weighted by Gasteiger charge is -2.03. The second-order valence-electron chi connectivity index (χ2n) is 4.45. The van der Waals surface area contributed by atoms with Crippen LogP contribution in [0.3, 0.4) is 0 Å². The van der Waals surface area contributed by atoms with E-state index >= 15 is 0 Å². The fraction of sp³-hybridized carbons (Fsp3) is 0. The van der Waals surface area contributed by atoms with Crippen LogP contribution in [0, 0.1) is 0 Å². The van der Waals surface area contributed by atoms with Crippen molar-refractivity contribution in [2.24, 2.45) is 0 Å². The Morgan fingerprint density at radius 3 is 2.14 bits per heavy atom. The number of carbonyl (C=O) groups excluding carboxylic acids is 1. The molecule has 0 N–H and O–H groups in total. The highest BCUT2D eigenvalue weighted by molar-refractivity contribution is 5.92. The molecule has 102 valence electrons. The van der Waals surface area contributed by atoms with E-state index in [4.69, 9.17) is 4.74 Å². The molecule has 0 aliphatic carbocycles. The lowest BCUT2D eigenvalue weighted by Crippen LogP contribution is -2.29. The standard InChI is InChI=1S/C16H8O5/c17-13-11-7-6-10(8-12(11)14(18)15(13)19)21-16(20)9-4-2-1-3-5-9/h1-8H. The van der Waals surface area contributed by atoms with Gasteiger partial charge in [0, 0.05) is 10.8 Å². The fourth-order valence-corrected chi connectivity index (χ4v) is 2.06. The van der Waals surface area contributed by atoms with Crippen LogP contribution in [0.4, 0.5) is 0 Å². The van der Waals surface area contributed by atoms with Crippen LogP contribution in [0.2, 0.25) is 0 Å². The van der Waals surface area contributed by atoms with E-state index in [1.165, 1.54) is 18.2 Å². The minimum Gasteiger partial charge on any atom is -0.423 e. The summed E-state index contributed by atoms with van der Waals surface area (Å²) in [5.41, 5.74) is -2.39. The van der Waals surface area contributed by atoms with Gasteiger partial charge in [-0.25, -0.2) is 4.79 Å². The average Bonchev–Trinajstić information content (AvgIpc) is 2.73. The minimum absolute atomic E-state index is 0.0247. The molecule has 0 aliphatic heterocycles. The van der Waals surface area contributed by atoms with Crippen LogP contribution in [0.25, 0.3) is 10.8 Å². The van der Waals surface area contributed by atoms with E-state index in [1.807, 2.05) is 0 Å². The second kappa shape index (κ2) is 4.79. The van der Waals surface area contributed by atoms with Crippen molar-refractivity contribution in [1.82, 2.24) is 0 Å². The predicted molar refractivity (Wildman–Crippen MR) is 76.5 cm³/mol. The molecule has 0 unspecified atom stereocenters. The number of carbonyl (C=O) groups is 1. The summed E-state index contributed by atoms with van der Waals surface area (Å²) in [7, 11) is 0. The molecular formula is C16H8O5. The molecule has 3 aromatic carbocycles. The van der Waals surface area contributed by atoms with E-state index in [2.05, 4.69) is 0 Å². The molecule has 5 nitrogen and oxygen atoms in total. The summed E-state index contributed by atoms with van der Waals surface area (Å²) in [6, 6.07) is 12.3. The monoisotopic (exact) mass is 280 g/mol. The Balaban J connectivity index is 2.01. The summed E-state index contributed by atoms with van der Waals surface area (Å²) in [5.74, 6) is -0.475. The molecule has 0 aromatic heterocycles. The van der Waals surface area contributed by atoms with Gasteiger partial charge in [-0.15, -0.1) is 0 Å². The molecule has 5 heteroatoms. The molecule has 3 aromatic rings. The summed E-state index contributed by atoms with van der Waals surface area (Å²) < 4.78 is 5.13. The molecule has 0 amide bonds. The summed E-state index contributed by atoms with van der Waals surface area (Å²) in [6.07, 6.45) is 0. The highest BCUT2D eigenvalue weighted by Crippen LogP contribution is 2.17. The topological polar surface area (TPSA) is 77.5 Å². The van der Waals surface area contributed by atoms with E-state index in [1.54, 1.807) is 30.3 Å². The van der Waals surface area contributed by atoms with Gasteiger partial charge in [-0.2, -0.15) is 0 Å². The van der Waals surface area contributed by atoms with Crippen LogP contribution < -0.4 is 21.0 Å². The first-order valence-corrected chi connectivity index (χ1v) is 6.12. The first kappa shape index (κ1) is 12.9. The van der Waals surface area contributed by atoms with Crippen molar-refractivity contribution < 1.29 is 9.53 Å². The van der Waals surface area contributed by atoms with E-state index in [0.717, 1.165) is 0 Å². The largest absolute Gasteiger partial charge is 0.423 e. The molecule has 3 rings (SSSR count). The summed E-state index contributed by atoms with van der Waals surface area (Å²) in [5, 5.41) is 0.0212. The lowest BCUT2D eigenvalue weighted by molar-refractivity contribution is 0.0735. The number of hydrogen-bond acceptors (Lipinski definition) is 5. The van der Waals surface area contributed by atoms with Crippen molar-refractivity contribution >= 4 is 16.7 Å². The maximum Gasteiger partial charge on any atom is 0.343 e. The SMILES string of the molecule is O=C(Oc1ccc2c(=O)c(=O)c(=O)c2c1)c1ccccc1. The third-order valence-electron chi connectivity index (χ3n) is 3.11. The first-order valence-electron chi connectivity index (χ1n) is 6.12. The zero-order valence-corrected chi connectivity index (χ0v) is 10.7. The number of fused-ring (bicyclic) bond motifs is 1. The van der Waals surface area contributed by atoms with Gasteiger partial charge in [0.1, 0.15) is 5.75 Å². The van der Waals surface area contributed by atoms with Crippen LogP contribution in [0.15, 0.2) is 62.9 Å². The van der Waals surface area contributed by atoms with E-state index in [0.29, 0.717) is 5.56 Å². The number of rotatable bonds is 2. The van der Waals surface area contributed by atoms with Crippen molar-refractivity contribution in [3.8, 4) is 5.75 Å². The van der Waals surface area contributed by atoms with E-state index < -0.39 is 22.3 Å². The molecule has 0 atom stereocenters. The van der Waals surface area contributed by atoms with E-state index in [9.17, 15) is 19.2 Å². The lowest BCUT2D eigenvalue weighted by atomic mass is 10.2. The third kappa shape index (κ3) is 2.14. The highest BCUT2D eigenvalue weighted by atomic mass is 16.5. The van der Waals surface area contributed by atoms with Crippen LogP contribution in [-0.2, 0) is 0 Å². The molecule has 0 radical (unpaired) electrons. The zero-order chi connectivity index (χ0) is 15.0. The summed E-state index contributed by atoms with van der Waals surface area (Å²) in [6.45, 7) is 0. The molecule has 21 heavy (non-hydrogen) atoms. The van der Waals surface area contributed by atoms with Gasteiger partial charge in [0.25, 0.3) is 5.43 Å². The normalized spacial score (nSPS) is 10.7. The summed E-state index contributed by atoms with van der Waals surface area (Å²) in [4.78, 5) is 46.3. The smallest absolute Gasteiger partial charge is 0.343 e. The zero-order valence-electron chi connectivity index (χ0n) is 10.7. The Labute approximate surface area is 117 Å². The van der Waals surface area contributed by atoms with E-state index in [-0.39, 0.29) is 16.5 Å². The molecule has 0 bridgehead atoms. The van der Waals surface area contributed by atoms with Gasteiger partial charge in [0.15, 0.2) is 0 Å². The maximum absolute atomic E-state index is 11.9. The number of benzene rings is 2. The van der Waals surface area contributed by atoms with Crippen LogP contribution in [0.1, 0.15) is 10.4 Å². The van der Waals surface area contributed by atoms with Crippen molar-refractivity contribution in [1.29, 1.82) is 0 Å². The van der Waals surface area contributed by atoms with Gasteiger partial charge >= 0.3 is 5.97 Å². The fourth-order valence-electron chi connectivity index (χ4n) is 2.06. The Bertz CT molecular complexity index is 979. The number of hydrogen-bond donors (Lipinski definition) is 0. The van der Waals surface area contributed by atoms with Crippen LogP contribution >= 0.6 is 0 Å². The molecular weight excluding hydrogens is 272 g/mol. The van der Waals surface area contributed by atoms with Crippen LogP contribution in [-0.4, -0.2) is 5.97 Å². The van der Waals surface area contributed by atoms with Gasteiger partial charge in [-0.05, 0) is 30.3 Å². The maximum atomic E-state index is 11.9. The number of ether oxygens (including phenoxy) is 1. The molecule has 0 fully saturated rings. The average molecular weight is 280 g/mol. The van der Waals surface area contributed by atoms with Gasteiger partial charge in [0.2, 0.25) is 10.9 Å². The van der Waals surface area contributed by atoms with Gasteiger partial charge in [-0.1, -0.05) is 18.2 Å². The van der Waals surface area contributed by atoms with Gasteiger partial charge in [-0.3, -0.25) is 14.4 Å². The Kier molecular flexibility index (Phi) is 2.95. The van der Waals surface area contributed by atoms with Crippen LogP contribution in [0.5, 0.6) is 5.75 Å². The molecule has 0 heterocycles. The second-order valence-corrected chi connectivity index (χ2v) is 4.45. The third-order valence-corrected chi connectivity index (χ3v) is 3.11. The van der Waals surface area contributed by atoms with Crippen molar-refractivity contribution in [3.63, 3.8) is 0 Å². The quantitative estimate of drug-likeness (QED) is 0.398. The van der Waals surface area contributed by atoms with Gasteiger partial charge in [0.05, 0.1) is 5.56 Å². The molecule has 0 saturated carbocycles. The van der Waals surface area contributed by atoms with Crippen molar-refractivity contribution in [3.05, 3.63) is 84.8 Å². The molecule has 0 spiro atoms. The Hall–Kier alpha value is -3.08. The minimum atomic E-state index is -1.06. The van der Waals surface area contributed by atoms with Crippen molar-refractivity contribution in [2.75, 3.05) is 0 Å². The summed E-state index contributed by atoms with van der Waals surface area (Å²) >= 11 is 0. The van der Waals surface area contributed by atoms with Crippen molar-refractivity contribution in [2.45, 2.75) is 0 Å². The van der Waals surface area contributed by atoms with Gasteiger partial charge < -0.3 is 4.74 Å². The predicted octanol–water partition coefficient (Wildman–Crippen LogP) is 1.02. The molecule has 0 aliphatic rings. The molecule has 0 saturated heterocycles. The Morgan fingerprint density at radius 1 is 0.762 bits per heavy atom. The first-order chi connectivity index (χ1) is 10.1. The number of esters is 1.